The number of piperidine rings is 1. The summed E-state index contributed by atoms with van der Waals surface area (Å²) in [5.41, 5.74) is 2.55. The maximum atomic E-state index is 12.3. The molecule has 0 radical (unpaired) electrons. The number of esters is 1. The molecule has 0 aliphatic carbocycles. The summed E-state index contributed by atoms with van der Waals surface area (Å²) in [7, 11) is 3.67. The topological polar surface area (TPSA) is 29.5 Å². The number of carbonyl (C=O) groups excluding carboxylic acids is 1. The summed E-state index contributed by atoms with van der Waals surface area (Å²) in [5, 5.41) is 0. The van der Waals surface area contributed by atoms with E-state index in [1.165, 1.54) is 24.7 Å². The third-order valence-electron chi connectivity index (χ3n) is 5.25. The number of ether oxygens (including phenoxy) is 1. The van der Waals surface area contributed by atoms with Crippen LogP contribution >= 0.6 is 0 Å². The van der Waals surface area contributed by atoms with E-state index < -0.39 is 0 Å². The van der Waals surface area contributed by atoms with Crippen molar-refractivity contribution in [3.05, 3.63) is 35.4 Å². The second-order valence-electron chi connectivity index (χ2n) is 6.27. The highest BCUT2D eigenvalue weighted by molar-refractivity contribution is 5.75. The van der Waals surface area contributed by atoms with Crippen LogP contribution in [0.4, 0.5) is 0 Å². The van der Waals surface area contributed by atoms with Gasteiger partial charge in [0.15, 0.2) is 0 Å². The fraction of sp³-hybridized carbons (Fsp3) is 0.588. The van der Waals surface area contributed by atoms with Crippen LogP contribution in [0.3, 0.4) is 0 Å². The number of methoxy groups -OCH3 is 1. The Labute approximate surface area is 120 Å². The van der Waals surface area contributed by atoms with E-state index in [1.54, 1.807) is 0 Å². The van der Waals surface area contributed by atoms with Gasteiger partial charge in [-0.15, -0.1) is 0 Å². The first-order chi connectivity index (χ1) is 9.61. The fourth-order valence-corrected chi connectivity index (χ4v) is 4.08. The van der Waals surface area contributed by atoms with Gasteiger partial charge in [0.1, 0.15) is 0 Å². The molecule has 2 heterocycles. The zero-order valence-corrected chi connectivity index (χ0v) is 12.5. The molecule has 2 aliphatic rings. The number of hydrogen-bond acceptors (Lipinski definition) is 3. The number of aryl methyl sites for hydroxylation is 1. The van der Waals surface area contributed by atoms with Crippen molar-refractivity contribution in [3.8, 4) is 0 Å². The lowest BCUT2D eigenvalue weighted by Crippen LogP contribution is -2.49. The molecule has 0 spiro atoms. The SMILES string of the molecule is COC(=O)[C@H]1[C@H](c2ccc(C)cc2)C[C@H]2CC[C@@H]1N2C. The lowest BCUT2D eigenvalue weighted by Gasteiger charge is -2.41. The Hall–Kier alpha value is -1.35. The van der Waals surface area contributed by atoms with Gasteiger partial charge in [-0.05, 0) is 38.8 Å². The van der Waals surface area contributed by atoms with Gasteiger partial charge in [0.05, 0.1) is 13.0 Å². The average molecular weight is 273 g/mol. The number of benzene rings is 1. The molecule has 2 aliphatic heterocycles. The van der Waals surface area contributed by atoms with Gasteiger partial charge in [-0.1, -0.05) is 29.8 Å². The molecule has 3 nitrogen and oxygen atoms in total. The summed E-state index contributed by atoms with van der Waals surface area (Å²) in [6, 6.07) is 9.61. The van der Waals surface area contributed by atoms with Crippen molar-refractivity contribution in [3.63, 3.8) is 0 Å². The van der Waals surface area contributed by atoms with Gasteiger partial charge in [-0.3, -0.25) is 9.69 Å². The zero-order valence-electron chi connectivity index (χ0n) is 12.5. The number of carbonyl (C=O) groups is 1. The number of rotatable bonds is 2. The standard InChI is InChI=1S/C17H23NO2/c1-11-4-6-12(7-5-11)14-10-13-8-9-15(18(13)2)16(14)17(19)20-3/h4-7,13-16H,8-10H2,1-3H3/t13-,14+,15+,16+/m1/s1. The second-order valence-corrected chi connectivity index (χ2v) is 6.27. The second kappa shape index (κ2) is 5.21. The lowest BCUT2D eigenvalue weighted by atomic mass is 9.76. The van der Waals surface area contributed by atoms with Crippen LogP contribution in [0.15, 0.2) is 24.3 Å². The molecule has 3 heteroatoms. The van der Waals surface area contributed by atoms with Crippen molar-refractivity contribution in [1.82, 2.24) is 4.90 Å². The van der Waals surface area contributed by atoms with Crippen molar-refractivity contribution in [1.29, 1.82) is 0 Å². The molecule has 0 unspecified atom stereocenters. The molecule has 3 rings (SSSR count). The van der Waals surface area contributed by atoms with Gasteiger partial charge >= 0.3 is 5.97 Å². The van der Waals surface area contributed by atoms with Crippen molar-refractivity contribution in [2.75, 3.05) is 14.2 Å². The summed E-state index contributed by atoms with van der Waals surface area (Å²) in [5.74, 6) is 0.232. The third kappa shape index (κ3) is 2.14. The van der Waals surface area contributed by atoms with E-state index in [0.717, 1.165) is 12.8 Å². The quantitative estimate of drug-likeness (QED) is 0.776. The molecule has 4 atom stereocenters. The Morgan fingerprint density at radius 1 is 1.25 bits per heavy atom. The molecule has 0 aromatic heterocycles. The van der Waals surface area contributed by atoms with Crippen LogP contribution < -0.4 is 0 Å². The van der Waals surface area contributed by atoms with Crippen LogP contribution in [-0.4, -0.2) is 37.1 Å². The molecule has 2 saturated heterocycles. The van der Waals surface area contributed by atoms with Gasteiger partial charge in [-0.25, -0.2) is 0 Å². The first-order valence-electron chi connectivity index (χ1n) is 7.48. The number of fused-ring (bicyclic) bond motifs is 2. The van der Waals surface area contributed by atoms with E-state index >= 15 is 0 Å². The fourth-order valence-electron chi connectivity index (χ4n) is 4.08. The third-order valence-corrected chi connectivity index (χ3v) is 5.25. The number of nitrogens with zero attached hydrogens (tertiary/aromatic N) is 1. The molecule has 1 aromatic rings. The van der Waals surface area contributed by atoms with Crippen LogP contribution in [0.1, 0.15) is 36.3 Å². The maximum absolute atomic E-state index is 12.3. The average Bonchev–Trinajstić information content (AvgIpc) is 2.70. The van der Waals surface area contributed by atoms with E-state index in [2.05, 4.69) is 43.1 Å². The molecule has 0 N–H and O–H groups in total. The first-order valence-corrected chi connectivity index (χ1v) is 7.48. The highest BCUT2D eigenvalue weighted by Gasteiger charge is 2.49. The monoisotopic (exact) mass is 273 g/mol. The van der Waals surface area contributed by atoms with Crippen LogP contribution in [0.2, 0.25) is 0 Å². The smallest absolute Gasteiger partial charge is 0.310 e. The Morgan fingerprint density at radius 3 is 2.60 bits per heavy atom. The normalized spacial score (nSPS) is 33.1. The molecule has 2 bridgehead atoms. The lowest BCUT2D eigenvalue weighted by molar-refractivity contribution is -0.150. The largest absolute Gasteiger partial charge is 0.469 e. The summed E-state index contributed by atoms with van der Waals surface area (Å²) in [6.07, 6.45) is 3.39. The van der Waals surface area contributed by atoms with E-state index in [-0.39, 0.29) is 11.9 Å². The van der Waals surface area contributed by atoms with Crippen LogP contribution in [0, 0.1) is 12.8 Å². The summed E-state index contributed by atoms with van der Waals surface area (Å²) in [6.45, 7) is 2.10. The van der Waals surface area contributed by atoms with Crippen molar-refractivity contribution in [2.45, 2.75) is 44.2 Å². The zero-order chi connectivity index (χ0) is 14.3. The minimum absolute atomic E-state index is 0.0218. The van der Waals surface area contributed by atoms with Crippen LogP contribution in [0.5, 0.6) is 0 Å². The van der Waals surface area contributed by atoms with E-state index in [4.69, 9.17) is 4.74 Å². The summed E-state index contributed by atoms with van der Waals surface area (Å²) in [4.78, 5) is 14.7. The van der Waals surface area contributed by atoms with Gasteiger partial charge in [0.2, 0.25) is 0 Å². The Balaban J connectivity index is 1.95. The van der Waals surface area contributed by atoms with Crippen molar-refractivity contribution in [2.24, 2.45) is 5.92 Å². The van der Waals surface area contributed by atoms with Crippen LogP contribution in [0.25, 0.3) is 0 Å². The van der Waals surface area contributed by atoms with Crippen molar-refractivity contribution >= 4 is 5.97 Å². The molecule has 0 saturated carbocycles. The molecule has 108 valence electrons. The van der Waals surface area contributed by atoms with E-state index in [1.807, 2.05) is 0 Å². The Morgan fingerprint density at radius 2 is 1.95 bits per heavy atom. The minimum Gasteiger partial charge on any atom is -0.469 e. The van der Waals surface area contributed by atoms with Gasteiger partial charge in [-0.2, -0.15) is 0 Å². The highest BCUT2D eigenvalue weighted by atomic mass is 16.5. The van der Waals surface area contributed by atoms with Gasteiger partial charge in [0.25, 0.3) is 0 Å². The molecule has 2 fully saturated rings. The molecular weight excluding hydrogens is 250 g/mol. The molecule has 1 aromatic carbocycles. The van der Waals surface area contributed by atoms with E-state index in [0.29, 0.717) is 18.0 Å². The molecule has 0 amide bonds. The molecular formula is C17H23NO2. The summed E-state index contributed by atoms with van der Waals surface area (Å²) >= 11 is 0. The first kappa shape index (κ1) is 13.6. The highest BCUT2D eigenvalue weighted by Crippen LogP contribution is 2.46. The maximum Gasteiger partial charge on any atom is 0.310 e. The predicted molar refractivity (Wildman–Crippen MR) is 78.6 cm³/mol. The Bertz CT molecular complexity index is 496. The predicted octanol–water partition coefficient (Wildman–Crippen LogP) is 2.73. The number of hydrogen-bond donors (Lipinski definition) is 0. The van der Waals surface area contributed by atoms with Crippen molar-refractivity contribution < 1.29 is 9.53 Å². The van der Waals surface area contributed by atoms with Crippen LogP contribution in [-0.2, 0) is 9.53 Å². The summed E-state index contributed by atoms with van der Waals surface area (Å²) < 4.78 is 5.10. The minimum atomic E-state index is -0.0484. The van der Waals surface area contributed by atoms with Gasteiger partial charge in [0, 0.05) is 18.0 Å². The Kier molecular flexibility index (Phi) is 3.55. The molecule has 20 heavy (non-hydrogen) atoms. The van der Waals surface area contributed by atoms with Gasteiger partial charge < -0.3 is 4.74 Å². The van der Waals surface area contributed by atoms with E-state index in [9.17, 15) is 4.79 Å².